The number of ether oxygens (including phenoxy) is 1. The number of carboxylic acid groups (broad SMARTS) is 1. The van der Waals surface area contributed by atoms with Gasteiger partial charge in [0.2, 0.25) is 0 Å². The Morgan fingerprint density at radius 1 is 1.23 bits per heavy atom. The molecule has 0 aliphatic rings. The van der Waals surface area contributed by atoms with Crippen LogP contribution in [0.3, 0.4) is 0 Å². The van der Waals surface area contributed by atoms with Crippen molar-refractivity contribution < 1.29 is 19.1 Å². The molecule has 1 atom stereocenters. The van der Waals surface area contributed by atoms with Crippen LogP contribution in [0.2, 0.25) is 18.1 Å². The summed E-state index contributed by atoms with van der Waals surface area (Å²) in [5.41, 5.74) is 0.851. The van der Waals surface area contributed by atoms with Gasteiger partial charge in [0.25, 0.3) is 0 Å². The third-order valence-electron chi connectivity index (χ3n) is 5.45. The van der Waals surface area contributed by atoms with Crippen LogP contribution in [0.1, 0.15) is 20.8 Å². The maximum absolute atomic E-state index is 11.7. The molecule has 1 heterocycles. The van der Waals surface area contributed by atoms with E-state index in [4.69, 9.17) is 9.16 Å². The van der Waals surface area contributed by atoms with Crippen LogP contribution in [-0.2, 0) is 9.22 Å². The minimum Gasteiger partial charge on any atom is -0.490 e. The lowest BCUT2D eigenvalue weighted by Gasteiger charge is -2.38. The predicted molar refractivity (Wildman–Crippen MR) is 124 cm³/mol. The molecule has 1 aromatic carbocycles. The molecular formula is C22H35N3O4Si. The van der Waals surface area contributed by atoms with Crippen molar-refractivity contribution in [3.63, 3.8) is 0 Å². The summed E-state index contributed by atoms with van der Waals surface area (Å²) in [6, 6.07) is 9.48. The van der Waals surface area contributed by atoms with Crippen LogP contribution < -0.4 is 10.1 Å². The Kier molecular flexibility index (Phi) is 7.85. The monoisotopic (exact) mass is 433 g/mol. The van der Waals surface area contributed by atoms with Crippen molar-refractivity contribution >= 4 is 31.0 Å². The van der Waals surface area contributed by atoms with Gasteiger partial charge in [-0.1, -0.05) is 20.8 Å². The highest BCUT2D eigenvalue weighted by atomic mass is 28.4. The van der Waals surface area contributed by atoms with E-state index in [-0.39, 0.29) is 11.6 Å². The Labute approximate surface area is 180 Å². The Morgan fingerprint density at radius 2 is 1.93 bits per heavy atom. The van der Waals surface area contributed by atoms with Gasteiger partial charge in [-0.3, -0.25) is 0 Å². The first-order chi connectivity index (χ1) is 13.9. The third-order valence-corrected chi connectivity index (χ3v) is 9.93. The number of carbonyl (C=O) groups is 1. The minimum atomic E-state index is -2.22. The van der Waals surface area contributed by atoms with Crippen molar-refractivity contribution in [1.82, 2.24) is 9.88 Å². The number of nitrogens with one attached hydrogen (secondary N) is 1. The lowest BCUT2D eigenvalue weighted by molar-refractivity contribution is -0.147. The SMILES string of the molecule is CN(C)CCNc1ccc2cc(OC[C@@H](O[Si](C)(C)C(C)(C)C)C(=O)O)ccc2n1. The average Bonchev–Trinajstić information content (AvgIpc) is 2.63. The van der Waals surface area contributed by atoms with Crippen molar-refractivity contribution in [1.29, 1.82) is 0 Å². The number of fused-ring (bicyclic) bond motifs is 1. The molecule has 1 aromatic heterocycles. The number of aromatic nitrogens is 1. The molecule has 0 fully saturated rings. The topological polar surface area (TPSA) is 83.9 Å². The number of carboxylic acids is 1. The third kappa shape index (κ3) is 6.68. The highest BCUT2D eigenvalue weighted by Crippen LogP contribution is 2.37. The number of hydrogen-bond donors (Lipinski definition) is 2. The van der Waals surface area contributed by atoms with E-state index in [9.17, 15) is 9.90 Å². The minimum absolute atomic E-state index is 0.0368. The summed E-state index contributed by atoms with van der Waals surface area (Å²) in [4.78, 5) is 18.4. The van der Waals surface area contributed by atoms with Crippen LogP contribution in [-0.4, -0.2) is 69.2 Å². The van der Waals surface area contributed by atoms with Crippen LogP contribution >= 0.6 is 0 Å². The summed E-state index contributed by atoms with van der Waals surface area (Å²) in [5, 5.41) is 13.7. The van der Waals surface area contributed by atoms with Crippen molar-refractivity contribution in [2.45, 2.75) is 45.0 Å². The average molecular weight is 434 g/mol. The molecular weight excluding hydrogens is 398 g/mol. The van der Waals surface area contributed by atoms with E-state index in [1.54, 1.807) is 0 Å². The number of nitrogens with zero attached hydrogens (tertiary/aromatic N) is 2. The zero-order valence-corrected chi connectivity index (χ0v) is 20.2. The number of pyridine rings is 1. The van der Waals surface area contributed by atoms with Crippen molar-refractivity contribution in [2.24, 2.45) is 0 Å². The molecule has 8 heteroatoms. The van der Waals surface area contributed by atoms with Gasteiger partial charge < -0.3 is 24.5 Å². The van der Waals surface area contributed by atoms with Gasteiger partial charge >= 0.3 is 5.97 Å². The lowest BCUT2D eigenvalue weighted by Crippen LogP contribution is -2.47. The fourth-order valence-corrected chi connectivity index (χ4v) is 3.79. The van der Waals surface area contributed by atoms with E-state index < -0.39 is 20.4 Å². The van der Waals surface area contributed by atoms with Gasteiger partial charge in [-0.15, -0.1) is 0 Å². The van der Waals surface area contributed by atoms with Crippen LogP contribution in [0.25, 0.3) is 10.9 Å². The molecule has 2 rings (SSSR count). The molecule has 0 unspecified atom stereocenters. The van der Waals surface area contributed by atoms with Crippen LogP contribution in [0.5, 0.6) is 5.75 Å². The van der Waals surface area contributed by atoms with Crippen molar-refractivity contribution in [3.05, 3.63) is 30.3 Å². The van der Waals surface area contributed by atoms with Crippen LogP contribution in [0.4, 0.5) is 5.82 Å². The maximum atomic E-state index is 11.7. The Balaban J connectivity index is 2.05. The highest BCUT2D eigenvalue weighted by Gasteiger charge is 2.41. The molecule has 2 N–H and O–H groups in total. The second-order valence-corrected chi connectivity index (χ2v) is 14.1. The Bertz CT molecular complexity index is 865. The van der Waals surface area contributed by atoms with Gasteiger partial charge in [-0.2, -0.15) is 0 Å². The number of anilines is 1. The second kappa shape index (κ2) is 9.76. The van der Waals surface area contributed by atoms with Gasteiger partial charge in [0.1, 0.15) is 18.2 Å². The fraction of sp³-hybridized carbons (Fsp3) is 0.545. The molecule has 0 amide bonds. The Hall–Kier alpha value is -2.16. The smallest absolute Gasteiger partial charge is 0.335 e. The normalized spacial score (nSPS) is 13.5. The molecule has 7 nitrogen and oxygen atoms in total. The molecule has 30 heavy (non-hydrogen) atoms. The molecule has 0 saturated heterocycles. The zero-order valence-electron chi connectivity index (χ0n) is 19.2. The number of likely N-dealkylation sites (N-methyl/N-ethyl adjacent to an activating group) is 1. The summed E-state index contributed by atoms with van der Waals surface area (Å²) in [6.07, 6.45) is -0.997. The first-order valence-corrected chi connectivity index (χ1v) is 13.1. The summed E-state index contributed by atoms with van der Waals surface area (Å²) >= 11 is 0. The second-order valence-electron chi connectivity index (χ2n) is 9.30. The van der Waals surface area contributed by atoms with Gasteiger partial charge in [0.05, 0.1) is 5.52 Å². The summed E-state index contributed by atoms with van der Waals surface area (Å²) in [6.45, 7) is 12.0. The molecule has 0 aliphatic carbocycles. The molecule has 0 aliphatic heterocycles. The number of rotatable bonds is 10. The van der Waals surface area contributed by atoms with E-state index in [1.807, 2.05) is 57.5 Å². The summed E-state index contributed by atoms with van der Waals surface area (Å²) in [5.74, 6) is 0.421. The first kappa shape index (κ1) is 24.1. The Morgan fingerprint density at radius 3 is 2.53 bits per heavy atom. The van der Waals surface area contributed by atoms with Gasteiger partial charge in [-0.25, -0.2) is 9.78 Å². The van der Waals surface area contributed by atoms with E-state index >= 15 is 0 Å². The molecule has 0 radical (unpaired) electrons. The summed E-state index contributed by atoms with van der Waals surface area (Å²) in [7, 11) is 1.84. The highest BCUT2D eigenvalue weighted by molar-refractivity contribution is 6.74. The molecule has 0 bridgehead atoms. The largest absolute Gasteiger partial charge is 0.490 e. The summed E-state index contributed by atoms with van der Waals surface area (Å²) < 4.78 is 11.8. The zero-order chi connectivity index (χ0) is 22.5. The van der Waals surface area contributed by atoms with Gasteiger partial charge in [0, 0.05) is 18.5 Å². The van der Waals surface area contributed by atoms with Gasteiger partial charge in [0.15, 0.2) is 14.4 Å². The standard InChI is InChI=1S/C22H35N3O4Si/c1-22(2,3)30(6,7)29-19(21(26)27)15-28-17-9-10-18-16(14-17)8-11-20(24-18)23-12-13-25(4)5/h8-11,14,19H,12-13,15H2,1-7H3,(H,23,24)(H,26,27)/t19-/m1/s1. The number of aliphatic carboxylic acids is 1. The van der Waals surface area contributed by atoms with Crippen molar-refractivity contribution in [2.75, 3.05) is 39.1 Å². The quantitative estimate of drug-likeness (QED) is 0.547. The van der Waals surface area contributed by atoms with Crippen molar-refractivity contribution in [3.8, 4) is 5.75 Å². The van der Waals surface area contributed by atoms with E-state index in [0.29, 0.717) is 5.75 Å². The van der Waals surface area contributed by atoms with E-state index in [0.717, 1.165) is 29.8 Å². The van der Waals surface area contributed by atoms with Crippen LogP contribution in [0, 0.1) is 0 Å². The predicted octanol–water partition coefficient (Wildman–Crippen LogP) is 4.06. The molecule has 2 aromatic rings. The lowest BCUT2D eigenvalue weighted by atomic mass is 10.2. The number of benzene rings is 1. The fourth-order valence-electron chi connectivity index (χ4n) is 2.56. The van der Waals surface area contributed by atoms with Crippen LogP contribution in [0.15, 0.2) is 30.3 Å². The van der Waals surface area contributed by atoms with Gasteiger partial charge in [-0.05, 0) is 62.6 Å². The molecule has 0 spiro atoms. The van der Waals surface area contributed by atoms with E-state index in [1.165, 1.54) is 0 Å². The molecule has 0 saturated carbocycles. The maximum Gasteiger partial charge on any atom is 0.335 e. The first-order valence-electron chi connectivity index (χ1n) is 10.2. The number of hydrogen-bond acceptors (Lipinski definition) is 6. The molecule has 166 valence electrons. The van der Waals surface area contributed by atoms with E-state index in [2.05, 4.69) is 36.0 Å².